The van der Waals surface area contributed by atoms with Crippen LogP contribution in [0.15, 0.2) is 47.1 Å². The molecule has 0 saturated carbocycles. The number of methoxy groups -OCH3 is 1. The van der Waals surface area contributed by atoms with Gasteiger partial charge in [0.15, 0.2) is 0 Å². The highest BCUT2D eigenvalue weighted by Crippen LogP contribution is 2.25. The lowest BCUT2D eigenvalue weighted by atomic mass is 10.1. The van der Waals surface area contributed by atoms with Gasteiger partial charge >= 0.3 is 0 Å². The number of rotatable bonds is 8. The molecule has 4 rings (SSSR count). The van der Waals surface area contributed by atoms with Crippen LogP contribution in [0.5, 0.6) is 5.75 Å². The number of amides is 3. The van der Waals surface area contributed by atoms with Crippen molar-refractivity contribution in [3.63, 3.8) is 0 Å². The van der Waals surface area contributed by atoms with E-state index in [0.29, 0.717) is 6.54 Å². The number of carbonyl (C=O) groups excluding carboxylic acids is 3. The number of furan rings is 1. The highest BCUT2D eigenvalue weighted by Gasteiger charge is 2.31. The largest absolute Gasteiger partial charge is 0.497 e. The Bertz CT molecular complexity index is 920. The SMILES string of the molecule is COc1ccc(N2CCN(C(CNC(=O)CN3C(=O)CCC3=O)c3ccco3)CC2)cc1. The summed E-state index contributed by atoms with van der Waals surface area (Å²) >= 11 is 0. The Labute approximate surface area is 186 Å². The summed E-state index contributed by atoms with van der Waals surface area (Å²) in [6, 6.07) is 11.6. The maximum absolute atomic E-state index is 12.4. The highest BCUT2D eigenvalue weighted by molar-refractivity contribution is 6.04. The lowest BCUT2D eigenvalue weighted by Gasteiger charge is -2.39. The Kier molecular flexibility index (Phi) is 6.75. The quantitative estimate of drug-likeness (QED) is 0.620. The summed E-state index contributed by atoms with van der Waals surface area (Å²) in [5, 5.41) is 2.88. The van der Waals surface area contributed by atoms with Gasteiger partial charge in [0.05, 0.1) is 19.4 Å². The number of nitrogens with zero attached hydrogens (tertiary/aromatic N) is 3. The summed E-state index contributed by atoms with van der Waals surface area (Å²) in [7, 11) is 1.65. The smallest absolute Gasteiger partial charge is 0.240 e. The van der Waals surface area contributed by atoms with Crippen LogP contribution in [-0.4, -0.2) is 73.9 Å². The van der Waals surface area contributed by atoms with Gasteiger partial charge in [-0.3, -0.25) is 24.2 Å². The molecular weight excluding hydrogens is 412 g/mol. The second kappa shape index (κ2) is 9.86. The van der Waals surface area contributed by atoms with Gasteiger partial charge in [0.1, 0.15) is 18.1 Å². The molecule has 2 fully saturated rings. The molecule has 9 heteroatoms. The van der Waals surface area contributed by atoms with Crippen LogP contribution in [0.25, 0.3) is 0 Å². The molecule has 170 valence electrons. The van der Waals surface area contributed by atoms with Crippen molar-refractivity contribution in [2.24, 2.45) is 0 Å². The van der Waals surface area contributed by atoms with E-state index in [1.54, 1.807) is 13.4 Å². The number of hydrogen-bond donors (Lipinski definition) is 1. The molecule has 2 aliphatic rings. The van der Waals surface area contributed by atoms with E-state index >= 15 is 0 Å². The number of ether oxygens (including phenoxy) is 1. The Morgan fingerprint density at radius 1 is 1.06 bits per heavy atom. The standard InChI is InChI=1S/C23H28N4O5/c1-31-18-6-4-17(5-7-18)25-10-12-26(13-11-25)19(20-3-2-14-32-20)15-24-21(28)16-27-22(29)8-9-23(27)30/h2-7,14,19H,8-13,15-16H2,1H3,(H,24,28). The summed E-state index contributed by atoms with van der Waals surface area (Å²) < 4.78 is 10.9. The van der Waals surface area contributed by atoms with Gasteiger partial charge in [-0.15, -0.1) is 0 Å². The number of hydrogen-bond acceptors (Lipinski definition) is 7. The van der Waals surface area contributed by atoms with Gasteiger partial charge in [-0.05, 0) is 36.4 Å². The third-order valence-electron chi connectivity index (χ3n) is 6.01. The van der Waals surface area contributed by atoms with Gasteiger partial charge in [-0.25, -0.2) is 0 Å². The van der Waals surface area contributed by atoms with E-state index in [0.717, 1.165) is 48.3 Å². The van der Waals surface area contributed by atoms with E-state index in [4.69, 9.17) is 9.15 Å². The van der Waals surface area contributed by atoms with Crippen LogP contribution in [0, 0.1) is 0 Å². The number of carbonyl (C=O) groups is 3. The molecular formula is C23H28N4O5. The molecule has 0 aliphatic carbocycles. The number of likely N-dealkylation sites (tertiary alicyclic amines) is 1. The maximum Gasteiger partial charge on any atom is 0.240 e. The first-order valence-electron chi connectivity index (χ1n) is 10.8. The third kappa shape index (κ3) is 4.94. The van der Waals surface area contributed by atoms with E-state index in [2.05, 4.69) is 27.2 Å². The molecule has 1 atom stereocenters. The molecule has 1 unspecified atom stereocenters. The van der Waals surface area contributed by atoms with E-state index < -0.39 is 0 Å². The Morgan fingerprint density at radius 2 is 1.75 bits per heavy atom. The summed E-state index contributed by atoms with van der Waals surface area (Å²) in [4.78, 5) is 41.6. The van der Waals surface area contributed by atoms with Crippen LogP contribution in [0.1, 0.15) is 24.6 Å². The molecule has 3 amide bonds. The maximum atomic E-state index is 12.4. The van der Waals surface area contributed by atoms with Crippen LogP contribution in [0.3, 0.4) is 0 Å². The minimum Gasteiger partial charge on any atom is -0.497 e. The van der Waals surface area contributed by atoms with Crippen molar-refractivity contribution in [3.05, 3.63) is 48.4 Å². The lowest BCUT2D eigenvalue weighted by Crippen LogP contribution is -2.50. The van der Waals surface area contributed by atoms with Crippen LogP contribution < -0.4 is 15.0 Å². The van der Waals surface area contributed by atoms with Crippen molar-refractivity contribution >= 4 is 23.4 Å². The van der Waals surface area contributed by atoms with Crippen molar-refractivity contribution in [1.82, 2.24) is 15.1 Å². The van der Waals surface area contributed by atoms with Gasteiger partial charge in [-0.2, -0.15) is 0 Å². The molecule has 2 aliphatic heterocycles. The number of benzene rings is 1. The van der Waals surface area contributed by atoms with Crippen LogP contribution >= 0.6 is 0 Å². The van der Waals surface area contributed by atoms with Crippen molar-refractivity contribution < 1.29 is 23.5 Å². The van der Waals surface area contributed by atoms with Crippen LogP contribution in [-0.2, 0) is 14.4 Å². The number of nitrogens with one attached hydrogen (secondary N) is 1. The zero-order valence-corrected chi connectivity index (χ0v) is 18.2. The summed E-state index contributed by atoms with van der Waals surface area (Å²) in [5.41, 5.74) is 1.15. The van der Waals surface area contributed by atoms with Crippen molar-refractivity contribution in [3.8, 4) is 5.75 Å². The van der Waals surface area contributed by atoms with E-state index in [-0.39, 0.29) is 43.1 Å². The minimum absolute atomic E-state index is 0.128. The zero-order chi connectivity index (χ0) is 22.5. The Balaban J connectivity index is 1.35. The average molecular weight is 441 g/mol. The number of imide groups is 1. The fourth-order valence-electron chi connectivity index (χ4n) is 4.18. The van der Waals surface area contributed by atoms with Crippen molar-refractivity contribution in [2.45, 2.75) is 18.9 Å². The van der Waals surface area contributed by atoms with Crippen molar-refractivity contribution in [2.75, 3.05) is 51.3 Å². The normalized spacial score (nSPS) is 18.2. The molecule has 2 saturated heterocycles. The third-order valence-corrected chi connectivity index (χ3v) is 6.01. The van der Waals surface area contributed by atoms with Crippen LogP contribution in [0.2, 0.25) is 0 Å². The molecule has 2 aromatic rings. The first-order chi connectivity index (χ1) is 15.5. The first-order valence-corrected chi connectivity index (χ1v) is 10.8. The molecule has 1 aromatic carbocycles. The van der Waals surface area contributed by atoms with Gasteiger partial charge in [0, 0.05) is 51.3 Å². The number of anilines is 1. The fraction of sp³-hybridized carbons (Fsp3) is 0.435. The summed E-state index contributed by atoms with van der Waals surface area (Å²) in [5.74, 6) is 0.682. The second-order valence-corrected chi connectivity index (χ2v) is 7.93. The topological polar surface area (TPSA) is 95.3 Å². The van der Waals surface area contributed by atoms with E-state index in [9.17, 15) is 14.4 Å². The molecule has 1 aromatic heterocycles. The zero-order valence-electron chi connectivity index (χ0n) is 18.2. The molecule has 32 heavy (non-hydrogen) atoms. The first kappa shape index (κ1) is 21.9. The van der Waals surface area contributed by atoms with Crippen LogP contribution in [0.4, 0.5) is 5.69 Å². The van der Waals surface area contributed by atoms with E-state index in [1.165, 1.54) is 0 Å². The predicted molar refractivity (Wildman–Crippen MR) is 117 cm³/mol. The van der Waals surface area contributed by atoms with Crippen molar-refractivity contribution in [1.29, 1.82) is 0 Å². The molecule has 0 spiro atoms. The Morgan fingerprint density at radius 3 is 2.34 bits per heavy atom. The second-order valence-electron chi connectivity index (χ2n) is 7.93. The van der Waals surface area contributed by atoms with Gasteiger partial charge in [0.2, 0.25) is 17.7 Å². The number of piperazine rings is 1. The van der Waals surface area contributed by atoms with Gasteiger partial charge in [0.25, 0.3) is 0 Å². The molecule has 0 radical (unpaired) electrons. The fourth-order valence-corrected chi connectivity index (χ4v) is 4.18. The molecule has 3 heterocycles. The molecule has 9 nitrogen and oxygen atoms in total. The van der Waals surface area contributed by atoms with Gasteiger partial charge in [-0.1, -0.05) is 0 Å². The average Bonchev–Trinajstić information content (AvgIpc) is 3.46. The molecule has 1 N–H and O–H groups in total. The van der Waals surface area contributed by atoms with Gasteiger partial charge < -0.3 is 19.4 Å². The monoisotopic (exact) mass is 440 g/mol. The Hall–Kier alpha value is -3.33. The minimum atomic E-state index is -0.345. The lowest BCUT2D eigenvalue weighted by molar-refractivity contribution is -0.142. The predicted octanol–water partition coefficient (Wildman–Crippen LogP) is 1.42. The summed E-state index contributed by atoms with van der Waals surface area (Å²) in [6.07, 6.45) is 1.98. The van der Waals surface area contributed by atoms with E-state index in [1.807, 2.05) is 24.3 Å². The summed E-state index contributed by atoms with van der Waals surface area (Å²) in [6.45, 7) is 3.40. The highest BCUT2D eigenvalue weighted by atomic mass is 16.5. The molecule has 0 bridgehead atoms.